The first-order valence-corrected chi connectivity index (χ1v) is 11.9. The van der Waals surface area contributed by atoms with E-state index >= 15 is 0 Å². The Hall–Kier alpha value is -2.74. The van der Waals surface area contributed by atoms with E-state index in [-0.39, 0.29) is 5.91 Å². The van der Waals surface area contributed by atoms with Crippen LogP contribution < -0.4 is 19.3 Å². The predicted molar refractivity (Wildman–Crippen MR) is 120 cm³/mol. The van der Waals surface area contributed by atoms with Crippen molar-refractivity contribution in [1.29, 1.82) is 0 Å². The summed E-state index contributed by atoms with van der Waals surface area (Å²) in [5.74, 6) is 0.286. The van der Waals surface area contributed by atoms with E-state index in [1.807, 2.05) is 12.1 Å². The van der Waals surface area contributed by atoms with Crippen LogP contribution in [-0.4, -0.2) is 46.8 Å². The van der Waals surface area contributed by atoms with Crippen LogP contribution in [0.15, 0.2) is 48.5 Å². The van der Waals surface area contributed by atoms with Gasteiger partial charge in [-0.2, -0.15) is 0 Å². The second kappa shape index (κ2) is 9.38. The Kier molecular flexibility index (Phi) is 6.87. The number of sulfonamides is 1. The quantitative estimate of drug-likeness (QED) is 0.695. The average Bonchev–Trinajstić information content (AvgIpc) is 3.26. The van der Waals surface area contributed by atoms with Crippen LogP contribution in [0.1, 0.15) is 25.3 Å². The van der Waals surface area contributed by atoms with Gasteiger partial charge < -0.3 is 15.0 Å². The zero-order valence-electron chi connectivity index (χ0n) is 17.7. The molecule has 0 radical (unpaired) electrons. The molecule has 1 saturated heterocycles. The fourth-order valence-electron chi connectivity index (χ4n) is 3.32. The molecular weight excluding hydrogens is 402 g/mol. The van der Waals surface area contributed by atoms with E-state index < -0.39 is 16.1 Å². The molecule has 1 fully saturated rings. The molecular formula is C22H29N3O4S. The van der Waals surface area contributed by atoms with Crippen molar-refractivity contribution in [2.75, 3.05) is 35.6 Å². The molecule has 0 aliphatic carbocycles. The van der Waals surface area contributed by atoms with Crippen molar-refractivity contribution in [3.05, 3.63) is 54.1 Å². The van der Waals surface area contributed by atoms with Crippen LogP contribution in [0.4, 0.5) is 11.4 Å². The van der Waals surface area contributed by atoms with E-state index in [1.165, 1.54) is 29.9 Å². The lowest BCUT2D eigenvalue weighted by Gasteiger charge is -2.19. The molecule has 3 rings (SSSR count). The van der Waals surface area contributed by atoms with Gasteiger partial charge in [0.15, 0.2) is 6.10 Å². The Morgan fingerprint density at radius 1 is 1.10 bits per heavy atom. The van der Waals surface area contributed by atoms with Gasteiger partial charge in [-0.3, -0.25) is 9.10 Å². The molecule has 0 unspecified atom stereocenters. The fraction of sp³-hybridized carbons (Fsp3) is 0.409. The van der Waals surface area contributed by atoms with Gasteiger partial charge in [0.1, 0.15) is 5.75 Å². The average molecular weight is 432 g/mol. The number of nitrogens with zero attached hydrogens (tertiary/aromatic N) is 2. The summed E-state index contributed by atoms with van der Waals surface area (Å²) in [6.07, 6.45) is 2.95. The third-order valence-electron chi connectivity index (χ3n) is 5.25. The molecule has 1 atom stereocenters. The van der Waals surface area contributed by atoms with Crippen molar-refractivity contribution >= 4 is 27.3 Å². The summed E-state index contributed by atoms with van der Waals surface area (Å²) in [7, 11) is -1.84. The minimum Gasteiger partial charge on any atom is -0.481 e. The molecule has 162 valence electrons. The molecule has 1 amide bonds. The van der Waals surface area contributed by atoms with Gasteiger partial charge in [0.05, 0.1) is 11.9 Å². The third kappa shape index (κ3) is 5.66. The lowest BCUT2D eigenvalue weighted by atomic mass is 10.2. The van der Waals surface area contributed by atoms with E-state index in [0.717, 1.165) is 24.9 Å². The molecule has 2 aromatic rings. The van der Waals surface area contributed by atoms with Gasteiger partial charge in [-0.15, -0.1) is 0 Å². The van der Waals surface area contributed by atoms with Crippen molar-refractivity contribution in [2.24, 2.45) is 0 Å². The monoisotopic (exact) mass is 431 g/mol. The standard InChI is InChI=1S/C22H29N3O4S/c1-17(29-21-12-10-19(11-13-21)24(2)30(3,27)28)22(26)23-16-18-6-8-20(9-7-18)25-14-4-5-15-25/h6-13,17H,4-5,14-16H2,1-3H3,(H,23,26)/t17-/m1/s1. The van der Waals surface area contributed by atoms with Crippen LogP contribution in [0.25, 0.3) is 0 Å². The summed E-state index contributed by atoms with van der Waals surface area (Å²) in [6.45, 7) is 4.33. The molecule has 1 N–H and O–H groups in total. The SMILES string of the molecule is C[C@@H](Oc1ccc(N(C)S(C)(=O)=O)cc1)C(=O)NCc1ccc(N2CCCC2)cc1. The number of benzene rings is 2. The summed E-state index contributed by atoms with van der Waals surface area (Å²) in [5.41, 5.74) is 2.79. The van der Waals surface area contributed by atoms with Gasteiger partial charge in [0.2, 0.25) is 10.0 Å². The number of hydrogen-bond acceptors (Lipinski definition) is 5. The normalized spacial score (nSPS) is 15.0. The van der Waals surface area contributed by atoms with Crippen molar-refractivity contribution in [1.82, 2.24) is 5.32 Å². The number of amides is 1. The van der Waals surface area contributed by atoms with Gasteiger partial charge in [0.25, 0.3) is 5.91 Å². The van der Waals surface area contributed by atoms with Gasteiger partial charge >= 0.3 is 0 Å². The molecule has 0 aromatic heterocycles. The summed E-state index contributed by atoms with van der Waals surface area (Å²) in [6, 6.07) is 14.9. The molecule has 1 heterocycles. The van der Waals surface area contributed by atoms with E-state index in [4.69, 9.17) is 4.74 Å². The van der Waals surface area contributed by atoms with Crippen LogP contribution in [0.5, 0.6) is 5.75 Å². The van der Waals surface area contributed by atoms with E-state index in [1.54, 1.807) is 31.2 Å². The summed E-state index contributed by atoms with van der Waals surface area (Å²) in [4.78, 5) is 14.7. The fourth-order valence-corrected chi connectivity index (χ4v) is 3.82. The van der Waals surface area contributed by atoms with Crippen molar-refractivity contribution in [2.45, 2.75) is 32.4 Å². The maximum Gasteiger partial charge on any atom is 0.261 e. The molecule has 0 bridgehead atoms. The van der Waals surface area contributed by atoms with Gasteiger partial charge in [-0.25, -0.2) is 8.42 Å². The number of ether oxygens (including phenoxy) is 1. The van der Waals surface area contributed by atoms with Gasteiger partial charge in [-0.05, 0) is 61.7 Å². The second-order valence-electron chi connectivity index (χ2n) is 7.56. The van der Waals surface area contributed by atoms with Crippen LogP contribution in [0.2, 0.25) is 0 Å². The Morgan fingerprint density at radius 2 is 1.70 bits per heavy atom. The number of hydrogen-bond donors (Lipinski definition) is 1. The number of carbonyl (C=O) groups is 1. The molecule has 7 nitrogen and oxygen atoms in total. The molecule has 0 spiro atoms. The Morgan fingerprint density at radius 3 is 2.27 bits per heavy atom. The Balaban J connectivity index is 1.49. The van der Waals surface area contributed by atoms with Crippen molar-refractivity contribution in [3.63, 3.8) is 0 Å². The zero-order chi connectivity index (χ0) is 21.7. The highest BCUT2D eigenvalue weighted by Crippen LogP contribution is 2.22. The van der Waals surface area contributed by atoms with Gasteiger partial charge in [-0.1, -0.05) is 12.1 Å². The third-order valence-corrected chi connectivity index (χ3v) is 6.46. The summed E-state index contributed by atoms with van der Waals surface area (Å²) >= 11 is 0. The topological polar surface area (TPSA) is 78.9 Å². The maximum atomic E-state index is 12.4. The molecule has 1 aliphatic heterocycles. The molecule has 0 saturated carbocycles. The van der Waals surface area contributed by atoms with E-state index in [0.29, 0.717) is 18.0 Å². The lowest BCUT2D eigenvalue weighted by Crippen LogP contribution is -2.35. The van der Waals surface area contributed by atoms with Crippen molar-refractivity contribution in [3.8, 4) is 5.75 Å². The number of carbonyl (C=O) groups excluding carboxylic acids is 1. The van der Waals surface area contributed by atoms with Crippen LogP contribution >= 0.6 is 0 Å². The predicted octanol–water partition coefficient (Wildman–Crippen LogP) is 2.77. The Bertz CT molecular complexity index is 953. The smallest absolute Gasteiger partial charge is 0.261 e. The first-order valence-electron chi connectivity index (χ1n) is 10.1. The van der Waals surface area contributed by atoms with Gasteiger partial charge in [0, 0.05) is 32.4 Å². The molecule has 8 heteroatoms. The number of rotatable bonds is 8. The first-order chi connectivity index (χ1) is 14.2. The molecule has 2 aromatic carbocycles. The van der Waals surface area contributed by atoms with Crippen molar-refractivity contribution < 1.29 is 17.9 Å². The second-order valence-corrected chi connectivity index (χ2v) is 9.58. The summed E-state index contributed by atoms with van der Waals surface area (Å²) in [5, 5.41) is 2.89. The van der Waals surface area contributed by atoms with Crippen LogP contribution in [-0.2, 0) is 21.4 Å². The van der Waals surface area contributed by atoms with E-state index in [9.17, 15) is 13.2 Å². The van der Waals surface area contributed by atoms with Crippen LogP contribution in [0.3, 0.4) is 0 Å². The minimum absolute atomic E-state index is 0.212. The highest BCUT2D eigenvalue weighted by atomic mass is 32.2. The zero-order valence-corrected chi connectivity index (χ0v) is 18.5. The number of nitrogens with one attached hydrogen (secondary N) is 1. The molecule has 1 aliphatic rings. The lowest BCUT2D eigenvalue weighted by molar-refractivity contribution is -0.127. The number of anilines is 2. The highest BCUT2D eigenvalue weighted by molar-refractivity contribution is 7.92. The minimum atomic E-state index is -3.32. The first kappa shape index (κ1) is 22.0. The molecule has 30 heavy (non-hydrogen) atoms. The Labute approximate surface area is 178 Å². The summed E-state index contributed by atoms with van der Waals surface area (Å²) < 4.78 is 30.1. The van der Waals surface area contributed by atoms with Crippen LogP contribution in [0, 0.1) is 0 Å². The maximum absolute atomic E-state index is 12.4. The van der Waals surface area contributed by atoms with E-state index in [2.05, 4.69) is 22.3 Å². The largest absolute Gasteiger partial charge is 0.481 e. The highest BCUT2D eigenvalue weighted by Gasteiger charge is 2.16.